The fraction of sp³-hybridized carbons (Fsp3) is 1.00. The van der Waals surface area contributed by atoms with Gasteiger partial charge in [0.25, 0.3) is 0 Å². The molecule has 0 saturated carbocycles. The zero-order chi connectivity index (χ0) is 25.6. The number of halogens is 8. The minimum Gasteiger partial charge on any atom is -0.455 e. The van der Waals surface area contributed by atoms with Gasteiger partial charge in [-0.2, -0.15) is 26.3 Å². The molecule has 14 heteroatoms. The maximum Gasteiger partial charge on any atom is 0.380 e. The van der Waals surface area contributed by atoms with Gasteiger partial charge < -0.3 is 13.3 Å². The molecule has 0 rings (SSSR count). The first kappa shape index (κ1) is 32.0. The molecule has 3 nitrogen and oxygen atoms in total. The van der Waals surface area contributed by atoms with E-state index in [1.807, 2.05) is 13.1 Å². The van der Waals surface area contributed by atoms with Crippen molar-refractivity contribution in [2.45, 2.75) is 95.0 Å². The summed E-state index contributed by atoms with van der Waals surface area (Å²) in [5.41, 5.74) is 0. The molecule has 0 aromatic rings. The summed E-state index contributed by atoms with van der Waals surface area (Å²) in [4.78, 5) is 0. The van der Waals surface area contributed by atoms with Crippen molar-refractivity contribution < 1.29 is 48.4 Å². The van der Waals surface area contributed by atoms with Crippen LogP contribution in [0.25, 0.3) is 0 Å². The molecular formula is C18H36F8O3Si3. The Balaban J connectivity index is 4.51. The second-order valence-electron chi connectivity index (χ2n) is 10.0. The molecule has 0 aliphatic carbocycles. The molecule has 0 bridgehead atoms. The fourth-order valence-corrected chi connectivity index (χ4v) is 12.5. The van der Waals surface area contributed by atoms with Gasteiger partial charge in [0.1, 0.15) is 6.61 Å². The lowest BCUT2D eigenvalue weighted by molar-refractivity contribution is -0.345. The molecule has 32 heavy (non-hydrogen) atoms. The Kier molecular flexibility index (Phi) is 11.6. The minimum atomic E-state index is -6.24. The lowest BCUT2D eigenvalue weighted by atomic mass is 10.1. The third-order valence-corrected chi connectivity index (χ3v) is 13.1. The Bertz CT molecular complexity index is 570. The molecule has 0 fully saturated rings. The predicted molar refractivity (Wildman–Crippen MR) is 116 cm³/mol. The van der Waals surface area contributed by atoms with E-state index in [2.05, 4.69) is 37.5 Å². The highest BCUT2D eigenvalue weighted by molar-refractivity contribution is 6.84. The first-order valence-electron chi connectivity index (χ1n) is 10.4. The minimum absolute atomic E-state index is 0.190. The van der Waals surface area contributed by atoms with Crippen molar-refractivity contribution in [2.75, 3.05) is 19.8 Å². The van der Waals surface area contributed by atoms with Gasteiger partial charge >= 0.3 is 24.2 Å². The normalized spacial score (nSPS) is 15.0. The Hall–Kier alpha value is -0.0294. The Labute approximate surface area is 188 Å². The molecule has 0 spiro atoms. The quantitative estimate of drug-likeness (QED) is 0.118. The van der Waals surface area contributed by atoms with Gasteiger partial charge in [0, 0.05) is 13.2 Å². The van der Waals surface area contributed by atoms with Crippen molar-refractivity contribution >= 4 is 25.0 Å². The second kappa shape index (κ2) is 11.6. The zero-order valence-electron chi connectivity index (χ0n) is 19.8. The molecule has 0 saturated heterocycles. The SMILES string of the molecule is C[Si](C)(C)OCCC[Si](C)(C)O[Si](C)(C)CCCOCC(F)(F)C(F)(F)C(F)(F)C(F)F. The van der Waals surface area contributed by atoms with E-state index in [0.29, 0.717) is 12.7 Å². The molecule has 0 aromatic carbocycles. The summed E-state index contributed by atoms with van der Waals surface area (Å²) < 4.78 is 120. The van der Waals surface area contributed by atoms with Gasteiger partial charge in [-0.25, -0.2) is 8.78 Å². The average Bonchev–Trinajstić information content (AvgIpc) is 2.56. The van der Waals surface area contributed by atoms with Gasteiger partial charge in [0.15, 0.2) is 25.0 Å². The van der Waals surface area contributed by atoms with Crippen LogP contribution in [0.3, 0.4) is 0 Å². The number of hydrogen-bond donors (Lipinski definition) is 0. The number of hydrogen-bond acceptors (Lipinski definition) is 3. The maximum absolute atomic E-state index is 13.5. The fourth-order valence-electron chi connectivity index (χ4n) is 3.00. The van der Waals surface area contributed by atoms with Gasteiger partial charge in [0.2, 0.25) is 0 Å². The van der Waals surface area contributed by atoms with Gasteiger partial charge in [0.05, 0.1) is 0 Å². The summed E-state index contributed by atoms with van der Waals surface area (Å²) >= 11 is 0. The number of ether oxygens (including phenoxy) is 1. The van der Waals surface area contributed by atoms with E-state index in [1.54, 1.807) is 0 Å². The van der Waals surface area contributed by atoms with Crippen LogP contribution < -0.4 is 0 Å². The second-order valence-corrected chi connectivity index (χ2v) is 23.4. The van der Waals surface area contributed by atoms with E-state index in [0.717, 1.165) is 12.5 Å². The lowest BCUT2D eigenvalue weighted by Crippen LogP contribution is -2.59. The molecule has 0 aliphatic rings. The monoisotopic (exact) mass is 536 g/mol. The summed E-state index contributed by atoms with van der Waals surface area (Å²) in [6.07, 6.45) is -3.87. The Morgan fingerprint density at radius 1 is 0.719 bits per heavy atom. The van der Waals surface area contributed by atoms with E-state index in [-0.39, 0.29) is 6.42 Å². The van der Waals surface area contributed by atoms with Crippen LogP contribution in [0.1, 0.15) is 12.8 Å². The van der Waals surface area contributed by atoms with Crippen LogP contribution in [-0.4, -0.2) is 69.0 Å². The van der Waals surface area contributed by atoms with Crippen molar-refractivity contribution in [3.63, 3.8) is 0 Å². The van der Waals surface area contributed by atoms with Gasteiger partial charge in [-0.3, -0.25) is 0 Å². The van der Waals surface area contributed by atoms with E-state index >= 15 is 0 Å². The summed E-state index contributed by atoms with van der Waals surface area (Å²) in [6.45, 7) is 12.5. The molecule has 0 amide bonds. The first-order valence-corrected chi connectivity index (χ1v) is 20.0. The van der Waals surface area contributed by atoms with Crippen LogP contribution >= 0.6 is 0 Å². The number of alkyl halides is 8. The molecule has 0 aliphatic heterocycles. The standard InChI is InChI=1S/C18H36F8O3Si3/c1-30(2,3)28-11-9-13-32(6,7)29-31(4,5)12-8-10-27-14-16(21,22)18(25,26)17(23,24)15(19)20/h15H,8-14H2,1-7H3. The molecule has 0 atom stereocenters. The van der Waals surface area contributed by atoms with Crippen LogP contribution in [0.4, 0.5) is 35.1 Å². The van der Waals surface area contributed by atoms with Crippen molar-refractivity contribution in [3.8, 4) is 0 Å². The van der Waals surface area contributed by atoms with Crippen LogP contribution in [0.5, 0.6) is 0 Å². The molecule has 0 radical (unpaired) electrons. The molecule has 0 aromatic heterocycles. The highest BCUT2D eigenvalue weighted by atomic mass is 28.4. The smallest absolute Gasteiger partial charge is 0.380 e. The van der Waals surface area contributed by atoms with Crippen molar-refractivity contribution in [1.82, 2.24) is 0 Å². The van der Waals surface area contributed by atoms with Crippen LogP contribution in [-0.2, 0) is 13.3 Å². The van der Waals surface area contributed by atoms with E-state index in [4.69, 9.17) is 8.54 Å². The summed E-state index contributed by atoms with van der Waals surface area (Å²) in [5, 5.41) is 0. The van der Waals surface area contributed by atoms with Gasteiger partial charge in [-0.05, 0) is 70.8 Å². The molecule has 0 unspecified atom stereocenters. The van der Waals surface area contributed by atoms with E-state index < -0.39 is 62.4 Å². The van der Waals surface area contributed by atoms with E-state index in [1.165, 1.54) is 0 Å². The average molecular weight is 537 g/mol. The Morgan fingerprint density at radius 3 is 1.56 bits per heavy atom. The summed E-state index contributed by atoms with van der Waals surface area (Å²) in [6, 6.07) is 1.36. The summed E-state index contributed by atoms with van der Waals surface area (Å²) in [5.74, 6) is -17.8. The van der Waals surface area contributed by atoms with Crippen molar-refractivity contribution in [3.05, 3.63) is 0 Å². The van der Waals surface area contributed by atoms with E-state index in [9.17, 15) is 35.1 Å². The van der Waals surface area contributed by atoms with Crippen LogP contribution in [0.15, 0.2) is 0 Å². The first-order chi connectivity index (χ1) is 14.1. The zero-order valence-corrected chi connectivity index (χ0v) is 22.8. The van der Waals surface area contributed by atoms with Gasteiger partial charge in [-0.1, -0.05) is 0 Å². The summed E-state index contributed by atoms with van der Waals surface area (Å²) in [7, 11) is -5.80. The van der Waals surface area contributed by atoms with Gasteiger partial charge in [-0.15, -0.1) is 0 Å². The molecular weight excluding hydrogens is 500 g/mol. The largest absolute Gasteiger partial charge is 0.455 e. The van der Waals surface area contributed by atoms with Crippen LogP contribution in [0, 0.1) is 0 Å². The molecule has 194 valence electrons. The Morgan fingerprint density at radius 2 is 1.16 bits per heavy atom. The van der Waals surface area contributed by atoms with Crippen molar-refractivity contribution in [2.24, 2.45) is 0 Å². The number of rotatable bonds is 16. The van der Waals surface area contributed by atoms with Crippen LogP contribution in [0.2, 0.25) is 57.9 Å². The topological polar surface area (TPSA) is 27.7 Å². The molecule has 0 N–H and O–H groups in total. The molecule has 0 heterocycles. The third-order valence-electron chi connectivity index (χ3n) is 4.51. The lowest BCUT2D eigenvalue weighted by Gasteiger charge is -2.34. The van der Waals surface area contributed by atoms with Crippen molar-refractivity contribution in [1.29, 1.82) is 0 Å². The third kappa shape index (κ3) is 10.5. The highest BCUT2D eigenvalue weighted by Crippen LogP contribution is 2.48. The highest BCUT2D eigenvalue weighted by Gasteiger charge is 2.75. The maximum atomic E-state index is 13.5. The predicted octanol–water partition coefficient (Wildman–Crippen LogP) is 7.23.